The summed E-state index contributed by atoms with van der Waals surface area (Å²) in [5.74, 6) is 0. The van der Waals surface area contributed by atoms with Crippen molar-refractivity contribution in [2.75, 3.05) is 13.2 Å². The fraction of sp³-hybridized carbons (Fsp3) is 1.00. The molecular formula is C5H11Cl2O3P. The van der Waals surface area contributed by atoms with E-state index in [0.29, 0.717) is 6.61 Å². The van der Waals surface area contributed by atoms with Gasteiger partial charge >= 0.3 is 6.07 Å². The maximum atomic E-state index is 10.5. The monoisotopic (exact) mass is 220 g/mol. The molecule has 0 atom stereocenters. The van der Waals surface area contributed by atoms with Crippen LogP contribution in [0.5, 0.6) is 0 Å². The molecule has 6 heteroatoms. The van der Waals surface area contributed by atoms with Crippen LogP contribution < -0.4 is 0 Å². The molecule has 0 fully saturated rings. The first kappa shape index (κ1) is 11.7. The van der Waals surface area contributed by atoms with Gasteiger partial charge in [0.05, 0.1) is 19.3 Å². The highest BCUT2D eigenvalue weighted by Gasteiger charge is 2.13. The number of ether oxygens (including phenoxy) is 1. The molecule has 0 rings (SSSR count). The van der Waals surface area contributed by atoms with Crippen LogP contribution in [0.3, 0.4) is 0 Å². The van der Waals surface area contributed by atoms with Gasteiger partial charge in [0.15, 0.2) is 0 Å². The second-order valence-corrected chi connectivity index (χ2v) is 6.44. The number of hydrogen-bond donors (Lipinski definition) is 0. The molecule has 0 unspecified atom stereocenters. The van der Waals surface area contributed by atoms with E-state index >= 15 is 0 Å². The van der Waals surface area contributed by atoms with Crippen LogP contribution in [0.4, 0.5) is 0 Å². The molecule has 0 aromatic carbocycles. The summed E-state index contributed by atoms with van der Waals surface area (Å²) in [6, 6.07) is 0. The van der Waals surface area contributed by atoms with Crippen molar-refractivity contribution in [2.24, 2.45) is 0 Å². The van der Waals surface area contributed by atoms with Crippen LogP contribution in [0.2, 0.25) is 0 Å². The third-order valence-electron chi connectivity index (χ3n) is 0.776. The van der Waals surface area contributed by atoms with Crippen LogP contribution >= 0.6 is 28.6 Å². The summed E-state index contributed by atoms with van der Waals surface area (Å²) in [4.78, 5) is 0. The molecule has 11 heavy (non-hydrogen) atoms. The highest BCUT2D eigenvalue weighted by atomic mass is 35.9. The molecule has 0 amide bonds. The van der Waals surface area contributed by atoms with Crippen LogP contribution in [0.25, 0.3) is 0 Å². The fourth-order valence-corrected chi connectivity index (χ4v) is 1.13. The molecule has 0 aromatic rings. The van der Waals surface area contributed by atoms with Gasteiger partial charge in [-0.2, -0.15) is 0 Å². The Labute approximate surface area is 76.0 Å². The van der Waals surface area contributed by atoms with Crippen molar-refractivity contribution in [2.45, 2.75) is 20.0 Å². The summed E-state index contributed by atoms with van der Waals surface area (Å²) < 4.78 is 20.1. The summed E-state index contributed by atoms with van der Waals surface area (Å²) in [5, 5.41) is 0. The first-order valence-corrected chi connectivity index (χ1v) is 6.61. The summed E-state index contributed by atoms with van der Waals surface area (Å²) in [7, 11) is 0. The lowest BCUT2D eigenvalue weighted by molar-refractivity contribution is 0.0572. The van der Waals surface area contributed by atoms with Crippen LogP contribution in [-0.4, -0.2) is 19.3 Å². The molecule has 0 bridgehead atoms. The van der Waals surface area contributed by atoms with E-state index in [1.165, 1.54) is 0 Å². The molecule has 0 aliphatic carbocycles. The lowest BCUT2D eigenvalue weighted by Crippen LogP contribution is -2.07. The van der Waals surface area contributed by atoms with Gasteiger partial charge in [-0.25, -0.2) is 0 Å². The third-order valence-corrected chi connectivity index (χ3v) is 1.84. The van der Waals surface area contributed by atoms with Crippen molar-refractivity contribution in [1.29, 1.82) is 0 Å². The SMILES string of the molecule is CC(C)OCCOP(=O)(Cl)Cl. The van der Waals surface area contributed by atoms with Crippen LogP contribution in [0.15, 0.2) is 0 Å². The van der Waals surface area contributed by atoms with Gasteiger partial charge < -0.3 is 9.26 Å². The van der Waals surface area contributed by atoms with Crippen LogP contribution in [0, 0.1) is 0 Å². The summed E-state index contributed by atoms with van der Waals surface area (Å²) in [5.41, 5.74) is 0. The van der Waals surface area contributed by atoms with Crippen molar-refractivity contribution in [3.63, 3.8) is 0 Å². The maximum absolute atomic E-state index is 10.5. The number of halogens is 2. The molecule has 0 aliphatic heterocycles. The average Bonchev–Trinajstić information content (AvgIpc) is 1.78. The van der Waals surface area contributed by atoms with Crippen molar-refractivity contribution >= 4 is 28.6 Å². The molecule has 0 saturated carbocycles. The zero-order chi connectivity index (χ0) is 8.91. The van der Waals surface area contributed by atoms with Gasteiger partial charge in [-0.3, -0.25) is 4.57 Å². The maximum Gasteiger partial charge on any atom is 0.380 e. The zero-order valence-electron chi connectivity index (χ0n) is 6.42. The largest absolute Gasteiger partial charge is 0.380 e. The van der Waals surface area contributed by atoms with Gasteiger partial charge in [-0.15, -0.1) is 0 Å². The molecule has 0 heterocycles. The molecule has 0 aliphatic rings. The third kappa shape index (κ3) is 10.7. The van der Waals surface area contributed by atoms with Gasteiger partial charge in [0.1, 0.15) is 0 Å². The fourth-order valence-electron chi connectivity index (χ4n) is 0.427. The van der Waals surface area contributed by atoms with E-state index in [2.05, 4.69) is 4.52 Å². The predicted octanol–water partition coefficient (Wildman–Crippen LogP) is 3.01. The molecule has 68 valence electrons. The lowest BCUT2D eigenvalue weighted by atomic mass is 10.5. The lowest BCUT2D eigenvalue weighted by Gasteiger charge is -2.07. The number of hydrogen-bond acceptors (Lipinski definition) is 3. The number of rotatable bonds is 5. The van der Waals surface area contributed by atoms with Crippen molar-refractivity contribution in [1.82, 2.24) is 0 Å². The highest BCUT2D eigenvalue weighted by Crippen LogP contribution is 2.57. The van der Waals surface area contributed by atoms with E-state index in [-0.39, 0.29) is 12.7 Å². The predicted molar refractivity (Wildman–Crippen MR) is 46.4 cm³/mol. The Kier molecular flexibility index (Phi) is 5.75. The Morgan fingerprint density at radius 1 is 1.36 bits per heavy atom. The van der Waals surface area contributed by atoms with Crippen molar-refractivity contribution in [3.8, 4) is 0 Å². The summed E-state index contributed by atoms with van der Waals surface area (Å²) in [6.07, 6.45) is -3.23. The first-order valence-electron chi connectivity index (χ1n) is 3.17. The zero-order valence-corrected chi connectivity index (χ0v) is 8.83. The van der Waals surface area contributed by atoms with Crippen molar-refractivity contribution < 1.29 is 13.8 Å². The Hall–Kier alpha value is 0.730. The molecule has 0 aromatic heterocycles. The smallest absolute Gasteiger partial charge is 0.376 e. The molecule has 0 saturated heterocycles. The Balaban J connectivity index is 3.22. The van der Waals surface area contributed by atoms with E-state index in [1.807, 2.05) is 13.8 Å². The first-order chi connectivity index (χ1) is 4.92. The minimum absolute atomic E-state index is 0.128. The van der Waals surface area contributed by atoms with E-state index in [4.69, 9.17) is 27.2 Å². The normalized spacial score (nSPS) is 12.5. The Bertz CT molecular complexity index is 145. The summed E-state index contributed by atoms with van der Waals surface area (Å²) in [6.45, 7) is 4.28. The Morgan fingerprint density at radius 2 is 1.91 bits per heavy atom. The topological polar surface area (TPSA) is 35.5 Å². The van der Waals surface area contributed by atoms with Gasteiger partial charge in [-0.1, -0.05) is 0 Å². The van der Waals surface area contributed by atoms with Crippen LogP contribution in [0.1, 0.15) is 13.8 Å². The summed E-state index contributed by atoms with van der Waals surface area (Å²) >= 11 is 10.2. The Morgan fingerprint density at radius 3 is 2.27 bits per heavy atom. The van der Waals surface area contributed by atoms with Gasteiger partial charge in [0.25, 0.3) is 0 Å². The van der Waals surface area contributed by atoms with Gasteiger partial charge in [0.2, 0.25) is 0 Å². The molecule has 0 spiro atoms. The average molecular weight is 221 g/mol. The molecule has 3 nitrogen and oxygen atoms in total. The second kappa shape index (κ2) is 5.39. The quantitative estimate of drug-likeness (QED) is 0.528. The van der Waals surface area contributed by atoms with E-state index < -0.39 is 6.07 Å². The minimum Gasteiger partial charge on any atom is -0.376 e. The molecule has 0 N–H and O–H groups in total. The van der Waals surface area contributed by atoms with Crippen molar-refractivity contribution in [3.05, 3.63) is 0 Å². The standard InChI is InChI=1S/C5H11Cl2O3P/c1-5(2)9-3-4-10-11(6,7)8/h5H,3-4H2,1-2H3. The van der Waals surface area contributed by atoms with E-state index in [9.17, 15) is 4.57 Å². The highest BCUT2D eigenvalue weighted by molar-refractivity contribution is 8.05. The second-order valence-electron chi connectivity index (χ2n) is 2.17. The van der Waals surface area contributed by atoms with E-state index in [1.54, 1.807) is 0 Å². The van der Waals surface area contributed by atoms with E-state index in [0.717, 1.165) is 0 Å². The minimum atomic E-state index is -3.36. The van der Waals surface area contributed by atoms with Crippen LogP contribution in [-0.2, 0) is 13.8 Å². The van der Waals surface area contributed by atoms with Gasteiger partial charge in [-0.05, 0) is 36.3 Å². The molecule has 0 radical (unpaired) electrons. The molecular weight excluding hydrogens is 210 g/mol. The van der Waals surface area contributed by atoms with Gasteiger partial charge in [0, 0.05) is 0 Å².